The van der Waals surface area contributed by atoms with Crippen molar-refractivity contribution in [3.05, 3.63) is 64.7 Å². The lowest BCUT2D eigenvalue weighted by molar-refractivity contribution is -0.136. The highest BCUT2D eigenvalue weighted by atomic mass is 19.2. The Labute approximate surface area is 188 Å². The second-order valence-electron chi connectivity index (χ2n) is 9.70. The van der Waals surface area contributed by atoms with Crippen molar-refractivity contribution >= 4 is 5.97 Å². The maximum Gasteiger partial charge on any atom is 0.303 e. The van der Waals surface area contributed by atoms with Gasteiger partial charge in [0.2, 0.25) is 5.82 Å². The average molecular weight is 447 g/mol. The summed E-state index contributed by atoms with van der Waals surface area (Å²) in [6, 6.07) is 10.8. The van der Waals surface area contributed by atoms with Crippen LogP contribution in [0.5, 0.6) is 5.75 Å². The second kappa shape index (κ2) is 10.4. The van der Waals surface area contributed by atoms with Gasteiger partial charge < -0.3 is 14.9 Å². The molecule has 0 unspecified atom stereocenters. The Morgan fingerprint density at radius 3 is 2.47 bits per heavy atom. The smallest absolute Gasteiger partial charge is 0.303 e. The quantitative estimate of drug-likeness (QED) is 0.489. The fourth-order valence-corrected chi connectivity index (χ4v) is 4.62. The van der Waals surface area contributed by atoms with Crippen LogP contribution >= 0.6 is 0 Å². The molecule has 2 aromatic carbocycles. The van der Waals surface area contributed by atoms with E-state index in [9.17, 15) is 18.7 Å². The lowest BCUT2D eigenvalue weighted by Gasteiger charge is -2.29. The molecule has 1 aliphatic carbocycles. The minimum atomic E-state index is -1.13. The van der Waals surface area contributed by atoms with Crippen LogP contribution in [-0.4, -0.2) is 28.9 Å². The zero-order valence-corrected chi connectivity index (χ0v) is 18.7. The lowest BCUT2D eigenvalue weighted by atomic mass is 9.78. The molecule has 0 saturated heterocycles. The molecule has 174 valence electrons. The molecule has 0 spiro atoms. The number of aliphatic hydroxyl groups excluding tert-OH is 1. The summed E-state index contributed by atoms with van der Waals surface area (Å²) in [6.45, 7) is 4.25. The molecule has 0 aromatic heterocycles. The molecule has 2 aromatic rings. The molecule has 1 atom stereocenters. The largest absolute Gasteiger partial charge is 0.488 e. The van der Waals surface area contributed by atoms with Crippen LogP contribution in [0.2, 0.25) is 0 Å². The number of fused-ring (bicyclic) bond motifs is 1. The molecule has 0 radical (unpaired) electrons. The second-order valence-corrected chi connectivity index (χ2v) is 9.70. The number of hydrogen-bond donors (Lipinski definition) is 2. The van der Waals surface area contributed by atoms with Gasteiger partial charge in [0.25, 0.3) is 0 Å². The number of aliphatic carboxylic acids is 1. The fraction of sp³-hybridized carbons (Fsp3) is 0.500. The number of carboxylic acid groups (broad SMARTS) is 1. The number of carboxylic acids is 1. The Bertz CT molecular complexity index is 916. The summed E-state index contributed by atoms with van der Waals surface area (Å²) in [5, 5.41) is 19.1. The molecule has 32 heavy (non-hydrogen) atoms. The van der Waals surface area contributed by atoms with E-state index in [1.54, 1.807) is 0 Å². The molecular formula is C26H32F2O4. The third kappa shape index (κ3) is 6.76. The van der Waals surface area contributed by atoms with Gasteiger partial charge in [-0.2, -0.15) is 4.39 Å². The monoisotopic (exact) mass is 446 g/mol. The van der Waals surface area contributed by atoms with Gasteiger partial charge in [0.05, 0.1) is 6.10 Å². The summed E-state index contributed by atoms with van der Waals surface area (Å²) in [7, 11) is 0. The van der Waals surface area contributed by atoms with Gasteiger partial charge in [-0.25, -0.2) is 4.39 Å². The van der Waals surface area contributed by atoms with Gasteiger partial charge in [-0.15, -0.1) is 0 Å². The molecule has 0 saturated carbocycles. The summed E-state index contributed by atoms with van der Waals surface area (Å²) < 4.78 is 33.2. The first kappa shape index (κ1) is 24.2. The first-order valence-electron chi connectivity index (χ1n) is 11.2. The molecule has 0 amide bonds. The molecule has 2 N–H and O–H groups in total. The van der Waals surface area contributed by atoms with E-state index in [1.165, 1.54) is 17.2 Å². The van der Waals surface area contributed by atoms with E-state index in [0.29, 0.717) is 17.9 Å². The molecule has 4 nitrogen and oxygen atoms in total. The summed E-state index contributed by atoms with van der Waals surface area (Å²) in [6.07, 6.45) is 3.61. The maximum atomic E-state index is 14.0. The van der Waals surface area contributed by atoms with Gasteiger partial charge in [-0.05, 0) is 78.7 Å². The van der Waals surface area contributed by atoms with Crippen molar-refractivity contribution in [2.24, 2.45) is 11.3 Å². The molecule has 3 rings (SSSR count). The van der Waals surface area contributed by atoms with Crippen molar-refractivity contribution in [3.63, 3.8) is 0 Å². The Balaban J connectivity index is 1.47. The van der Waals surface area contributed by atoms with Gasteiger partial charge in [-0.1, -0.05) is 38.1 Å². The number of aryl methyl sites for hydroxylation is 1. The average Bonchev–Trinajstić information content (AvgIpc) is 3.13. The summed E-state index contributed by atoms with van der Waals surface area (Å²) in [5.74, 6) is -2.93. The van der Waals surface area contributed by atoms with Crippen LogP contribution in [-0.2, 0) is 24.1 Å². The van der Waals surface area contributed by atoms with E-state index < -0.39 is 23.7 Å². The number of carbonyl (C=O) groups is 1. The molecule has 1 aliphatic rings. The van der Waals surface area contributed by atoms with E-state index in [4.69, 9.17) is 9.84 Å². The predicted molar refractivity (Wildman–Crippen MR) is 119 cm³/mol. The van der Waals surface area contributed by atoms with Crippen LogP contribution in [0.1, 0.15) is 56.2 Å². The molecule has 0 bridgehead atoms. The number of rotatable bonds is 11. The Morgan fingerprint density at radius 2 is 1.84 bits per heavy atom. The predicted octanol–water partition coefficient (Wildman–Crippen LogP) is 5.33. The van der Waals surface area contributed by atoms with Crippen LogP contribution in [0.4, 0.5) is 8.78 Å². The standard InChI is InChI=1S/C26H32F2O4/c1-26(2,15-18-11-19-5-3-4-6-20(19)12-18)10-9-21(29)16-32-23-14-17(7-8-24(30)31)13-22(27)25(23)28/h3-6,13-14,18,21,29H,7-12,15-16H2,1-2H3,(H,30,31)/t21-/m1/s1. The molecule has 0 aliphatic heterocycles. The minimum Gasteiger partial charge on any atom is -0.488 e. The zero-order valence-electron chi connectivity index (χ0n) is 18.7. The van der Waals surface area contributed by atoms with Crippen LogP contribution in [0.3, 0.4) is 0 Å². The first-order valence-corrected chi connectivity index (χ1v) is 11.2. The first-order chi connectivity index (χ1) is 15.1. The Kier molecular flexibility index (Phi) is 7.88. The van der Waals surface area contributed by atoms with Gasteiger partial charge in [0.15, 0.2) is 11.6 Å². The topological polar surface area (TPSA) is 66.8 Å². The van der Waals surface area contributed by atoms with E-state index >= 15 is 0 Å². The summed E-state index contributed by atoms with van der Waals surface area (Å²) in [5.41, 5.74) is 3.25. The van der Waals surface area contributed by atoms with Crippen molar-refractivity contribution in [3.8, 4) is 5.75 Å². The van der Waals surface area contributed by atoms with Crippen molar-refractivity contribution < 1.29 is 28.5 Å². The maximum absolute atomic E-state index is 14.0. The number of hydrogen-bond acceptors (Lipinski definition) is 3. The SMILES string of the molecule is CC(C)(CC[C@@H](O)COc1cc(CCC(=O)O)cc(F)c1F)CC1Cc2ccccc2C1. The number of ether oxygens (including phenoxy) is 1. The van der Waals surface area contributed by atoms with Gasteiger partial charge >= 0.3 is 5.97 Å². The van der Waals surface area contributed by atoms with Crippen LogP contribution < -0.4 is 4.74 Å². The van der Waals surface area contributed by atoms with E-state index in [0.717, 1.165) is 31.7 Å². The van der Waals surface area contributed by atoms with Crippen LogP contribution in [0.25, 0.3) is 0 Å². The third-order valence-corrected chi connectivity index (χ3v) is 6.24. The Morgan fingerprint density at radius 1 is 1.19 bits per heavy atom. The summed E-state index contributed by atoms with van der Waals surface area (Å²) >= 11 is 0. The van der Waals surface area contributed by atoms with E-state index in [-0.39, 0.29) is 30.6 Å². The van der Waals surface area contributed by atoms with Crippen LogP contribution in [0.15, 0.2) is 36.4 Å². The van der Waals surface area contributed by atoms with Crippen molar-refractivity contribution in [2.45, 2.75) is 64.9 Å². The van der Waals surface area contributed by atoms with Crippen molar-refractivity contribution in [1.82, 2.24) is 0 Å². The van der Waals surface area contributed by atoms with Crippen molar-refractivity contribution in [2.75, 3.05) is 6.61 Å². The van der Waals surface area contributed by atoms with Crippen LogP contribution in [0, 0.1) is 23.0 Å². The highest BCUT2D eigenvalue weighted by Gasteiger charge is 2.28. The van der Waals surface area contributed by atoms with Crippen molar-refractivity contribution in [1.29, 1.82) is 0 Å². The zero-order chi connectivity index (χ0) is 23.3. The number of halogens is 2. The minimum absolute atomic E-state index is 0.0434. The van der Waals surface area contributed by atoms with Gasteiger partial charge in [0.1, 0.15) is 6.61 Å². The molecular weight excluding hydrogens is 414 g/mol. The van der Waals surface area contributed by atoms with E-state index in [1.807, 2.05) is 0 Å². The lowest BCUT2D eigenvalue weighted by Crippen LogP contribution is -2.23. The van der Waals surface area contributed by atoms with Gasteiger partial charge in [0, 0.05) is 6.42 Å². The third-order valence-electron chi connectivity index (χ3n) is 6.24. The summed E-state index contributed by atoms with van der Waals surface area (Å²) in [4.78, 5) is 10.7. The van der Waals surface area contributed by atoms with E-state index in [2.05, 4.69) is 38.1 Å². The fourth-order valence-electron chi connectivity index (χ4n) is 4.62. The normalized spacial score (nSPS) is 14.9. The van der Waals surface area contributed by atoms with Gasteiger partial charge in [-0.3, -0.25) is 4.79 Å². The molecule has 0 heterocycles. The highest BCUT2D eigenvalue weighted by Crippen LogP contribution is 2.38. The Hall–Kier alpha value is -2.47. The highest BCUT2D eigenvalue weighted by molar-refractivity contribution is 5.67. The molecule has 0 fully saturated rings. The number of benzene rings is 2. The molecule has 6 heteroatoms. The number of aliphatic hydroxyl groups is 1.